The van der Waals surface area contributed by atoms with Crippen LogP contribution >= 0.6 is 0 Å². The Morgan fingerprint density at radius 3 is 1.55 bits per heavy atom. The van der Waals surface area contributed by atoms with Crippen molar-refractivity contribution in [2.75, 3.05) is 6.61 Å². The SMILES string of the molecule is CCCCCCCC(C)CCCCC(C)CO.O=S(=O)(O)O. The van der Waals surface area contributed by atoms with Gasteiger partial charge in [0.2, 0.25) is 0 Å². The minimum Gasteiger partial charge on any atom is -0.396 e. The fourth-order valence-corrected chi connectivity index (χ4v) is 2.32. The van der Waals surface area contributed by atoms with Crippen LogP contribution in [0.15, 0.2) is 0 Å². The molecule has 0 fully saturated rings. The van der Waals surface area contributed by atoms with Crippen LogP contribution in [-0.2, 0) is 10.4 Å². The van der Waals surface area contributed by atoms with Gasteiger partial charge in [0, 0.05) is 6.61 Å². The molecule has 0 rings (SSSR count). The summed E-state index contributed by atoms with van der Waals surface area (Å²) in [5.41, 5.74) is 0. The highest BCUT2D eigenvalue weighted by atomic mass is 32.3. The normalized spacial score (nSPS) is 14.1. The van der Waals surface area contributed by atoms with Crippen molar-refractivity contribution in [1.82, 2.24) is 0 Å². The Bertz CT molecular complexity index is 308. The molecule has 0 spiro atoms. The average molecular weight is 341 g/mol. The molecule has 0 saturated carbocycles. The van der Waals surface area contributed by atoms with Crippen LogP contribution in [0.1, 0.15) is 85.0 Å². The summed E-state index contributed by atoms with van der Waals surface area (Å²) >= 11 is 0. The molecule has 0 aromatic heterocycles. The fourth-order valence-electron chi connectivity index (χ4n) is 2.32. The summed E-state index contributed by atoms with van der Waals surface area (Å²) < 4.78 is 31.6. The maximum absolute atomic E-state index is 8.93. The second kappa shape index (κ2) is 15.7. The van der Waals surface area contributed by atoms with Crippen molar-refractivity contribution in [3.05, 3.63) is 0 Å². The molecule has 22 heavy (non-hydrogen) atoms. The zero-order chi connectivity index (χ0) is 17.4. The first kappa shape index (κ1) is 24.1. The fraction of sp³-hybridized carbons (Fsp3) is 1.00. The van der Waals surface area contributed by atoms with E-state index in [0.29, 0.717) is 12.5 Å². The summed E-state index contributed by atoms with van der Waals surface area (Å²) in [5, 5.41) is 8.93. The third kappa shape index (κ3) is 28.1. The van der Waals surface area contributed by atoms with Crippen molar-refractivity contribution in [2.24, 2.45) is 11.8 Å². The molecule has 6 heteroatoms. The summed E-state index contributed by atoms with van der Waals surface area (Å²) in [5.74, 6) is 1.40. The van der Waals surface area contributed by atoms with Crippen LogP contribution in [0.5, 0.6) is 0 Å². The minimum atomic E-state index is -4.67. The number of unbranched alkanes of at least 4 members (excludes halogenated alkanes) is 5. The van der Waals surface area contributed by atoms with E-state index in [1.54, 1.807) is 0 Å². The van der Waals surface area contributed by atoms with Crippen LogP contribution in [0.3, 0.4) is 0 Å². The predicted molar refractivity (Wildman–Crippen MR) is 91.4 cm³/mol. The first-order chi connectivity index (χ1) is 10.2. The molecular formula is C16H36O5S. The molecule has 0 aromatic carbocycles. The van der Waals surface area contributed by atoms with Crippen LogP contribution in [0, 0.1) is 11.8 Å². The van der Waals surface area contributed by atoms with Gasteiger partial charge in [-0.25, -0.2) is 0 Å². The van der Waals surface area contributed by atoms with Crippen LogP contribution in [-0.4, -0.2) is 29.2 Å². The Labute approximate surface area is 137 Å². The Kier molecular flexibility index (Phi) is 17.2. The molecule has 0 aromatic rings. The molecule has 136 valence electrons. The van der Waals surface area contributed by atoms with E-state index >= 15 is 0 Å². The lowest BCUT2D eigenvalue weighted by molar-refractivity contribution is 0.226. The predicted octanol–water partition coefficient (Wildman–Crippen LogP) is 4.52. The minimum absolute atomic E-state index is 0.354. The molecule has 0 saturated heterocycles. The van der Waals surface area contributed by atoms with Crippen molar-refractivity contribution in [1.29, 1.82) is 0 Å². The molecule has 0 aliphatic carbocycles. The number of hydrogen-bond donors (Lipinski definition) is 3. The number of hydrogen-bond acceptors (Lipinski definition) is 3. The van der Waals surface area contributed by atoms with Crippen molar-refractivity contribution >= 4 is 10.4 Å². The van der Waals surface area contributed by atoms with Crippen LogP contribution in [0.2, 0.25) is 0 Å². The topological polar surface area (TPSA) is 94.8 Å². The van der Waals surface area contributed by atoms with Gasteiger partial charge in [-0.2, -0.15) is 8.42 Å². The molecule has 2 atom stereocenters. The van der Waals surface area contributed by atoms with Gasteiger partial charge in [-0.3, -0.25) is 9.11 Å². The Hall–Kier alpha value is -0.170. The Morgan fingerprint density at radius 2 is 1.14 bits per heavy atom. The third-order valence-corrected chi connectivity index (χ3v) is 3.76. The molecule has 0 bridgehead atoms. The highest BCUT2D eigenvalue weighted by Crippen LogP contribution is 2.18. The number of rotatable bonds is 12. The largest absolute Gasteiger partial charge is 0.396 e. The Balaban J connectivity index is 0. The maximum atomic E-state index is 8.93. The first-order valence-corrected chi connectivity index (χ1v) is 9.91. The van der Waals surface area contributed by atoms with E-state index in [0.717, 1.165) is 5.92 Å². The number of aliphatic hydroxyl groups is 1. The van der Waals surface area contributed by atoms with Crippen molar-refractivity contribution < 1.29 is 22.6 Å². The Morgan fingerprint density at radius 1 is 0.773 bits per heavy atom. The van der Waals surface area contributed by atoms with E-state index in [9.17, 15) is 0 Å². The quantitative estimate of drug-likeness (QED) is 0.359. The molecule has 0 amide bonds. The van der Waals surface area contributed by atoms with Gasteiger partial charge in [0.25, 0.3) is 0 Å². The van der Waals surface area contributed by atoms with E-state index in [-0.39, 0.29) is 0 Å². The lowest BCUT2D eigenvalue weighted by Crippen LogP contribution is -2.01. The highest BCUT2D eigenvalue weighted by Gasteiger charge is 2.03. The van der Waals surface area contributed by atoms with E-state index in [1.807, 2.05) is 0 Å². The second-order valence-corrected chi connectivity index (χ2v) is 7.22. The van der Waals surface area contributed by atoms with E-state index in [1.165, 1.54) is 64.2 Å². The lowest BCUT2D eigenvalue weighted by atomic mass is 9.95. The maximum Gasteiger partial charge on any atom is 0.394 e. The van der Waals surface area contributed by atoms with Gasteiger partial charge < -0.3 is 5.11 Å². The summed E-state index contributed by atoms with van der Waals surface area (Å²) in [7, 11) is -4.67. The zero-order valence-electron chi connectivity index (χ0n) is 14.5. The molecular weight excluding hydrogens is 304 g/mol. The summed E-state index contributed by atoms with van der Waals surface area (Å²) in [6.45, 7) is 7.16. The summed E-state index contributed by atoms with van der Waals surface area (Å²) in [6, 6.07) is 0. The van der Waals surface area contributed by atoms with Crippen LogP contribution in [0.4, 0.5) is 0 Å². The standard InChI is InChI=1S/C16H34O.H2O4S/c1-4-5-6-7-8-11-15(2)12-9-10-13-16(3)14-17;1-5(2,3)4/h15-17H,4-14H2,1-3H3;(H2,1,2,3,4). The molecule has 3 N–H and O–H groups in total. The lowest BCUT2D eigenvalue weighted by Gasteiger charge is -2.12. The molecule has 0 aliphatic rings. The van der Waals surface area contributed by atoms with Crippen molar-refractivity contribution in [3.8, 4) is 0 Å². The van der Waals surface area contributed by atoms with Crippen molar-refractivity contribution in [3.63, 3.8) is 0 Å². The monoisotopic (exact) mass is 340 g/mol. The van der Waals surface area contributed by atoms with Crippen molar-refractivity contribution in [2.45, 2.75) is 85.0 Å². The average Bonchev–Trinajstić information content (AvgIpc) is 2.41. The van der Waals surface area contributed by atoms with E-state index in [2.05, 4.69) is 20.8 Å². The molecule has 0 heterocycles. The molecule has 0 aliphatic heterocycles. The number of aliphatic hydroxyl groups excluding tert-OH is 1. The van der Waals surface area contributed by atoms with Crippen LogP contribution < -0.4 is 0 Å². The van der Waals surface area contributed by atoms with Crippen LogP contribution in [0.25, 0.3) is 0 Å². The van der Waals surface area contributed by atoms with Gasteiger partial charge >= 0.3 is 10.4 Å². The molecule has 0 radical (unpaired) electrons. The molecule has 5 nitrogen and oxygen atoms in total. The smallest absolute Gasteiger partial charge is 0.394 e. The second-order valence-electron chi connectivity index (χ2n) is 6.33. The van der Waals surface area contributed by atoms with E-state index < -0.39 is 10.4 Å². The van der Waals surface area contributed by atoms with Gasteiger partial charge in [0.15, 0.2) is 0 Å². The summed E-state index contributed by atoms with van der Waals surface area (Å²) in [6.07, 6.45) is 13.7. The first-order valence-electron chi connectivity index (χ1n) is 8.51. The van der Waals surface area contributed by atoms with Gasteiger partial charge in [-0.15, -0.1) is 0 Å². The van der Waals surface area contributed by atoms with Gasteiger partial charge in [-0.1, -0.05) is 78.6 Å². The van der Waals surface area contributed by atoms with Gasteiger partial charge in [0.05, 0.1) is 0 Å². The van der Waals surface area contributed by atoms with E-state index in [4.69, 9.17) is 22.6 Å². The highest BCUT2D eigenvalue weighted by molar-refractivity contribution is 7.79. The summed E-state index contributed by atoms with van der Waals surface area (Å²) in [4.78, 5) is 0. The third-order valence-electron chi connectivity index (χ3n) is 3.76. The van der Waals surface area contributed by atoms with Gasteiger partial charge in [0.1, 0.15) is 0 Å². The molecule has 2 unspecified atom stereocenters. The van der Waals surface area contributed by atoms with Gasteiger partial charge in [-0.05, 0) is 18.3 Å². The zero-order valence-corrected chi connectivity index (χ0v) is 15.3.